The fourth-order valence-corrected chi connectivity index (χ4v) is 4.03. The summed E-state index contributed by atoms with van der Waals surface area (Å²) in [7, 11) is -2.60. The van der Waals surface area contributed by atoms with Gasteiger partial charge >= 0.3 is 7.05 Å². The number of hydrogen-bond acceptors (Lipinski definition) is 5. The smallest absolute Gasteiger partial charge is 0.376 e. The molecule has 7 heteroatoms. The van der Waals surface area contributed by atoms with Crippen molar-refractivity contribution in [2.24, 2.45) is 0 Å². The van der Waals surface area contributed by atoms with E-state index in [0.717, 1.165) is 11.3 Å². The molecule has 0 saturated carbocycles. The van der Waals surface area contributed by atoms with E-state index in [4.69, 9.17) is 9.16 Å². The van der Waals surface area contributed by atoms with Crippen molar-refractivity contribution < 1.29 is 14.2 Å². The maximum absolute atomic E-state index is 10.4. The Kier molecular flexibility index (Phi) is 8.46. The Morgan fingerprint density at radius 2 is 1.83 bits per heavy atom. The average molecular weight is 414 g/mol. The van der Waals surface area contributed by atoms with E-state index >= 15 is 0 Å². The summed E-state index contributed by atoms with van der Waals surface area (Å²) in [4.78, 5) is 6.28. The summed E-state index contributed by atoms with van der Waals surface area (Å²) in [5.74, 6) is 0.833. The molecule has 1 N–H and O–H groups in total. The highest BCUT2D eigenvalue weighted by Gasteiger charge is 2.40. The fourth-order valence-electron chi connectivity index (χ4n) is 2.75. The highest BCUT2D eigenvalue weighted by molar-refractivity contribution is 6.74. The summed E-state index contributed by atoms with van der Waals surface area (Å²) in [5.41, 5.74) is 1.03. The van der Waals surface area contributed by atoms with Crippen LogP contribution in [0.1, 0.15) is 32.4 Å². The number of hydrogen-bond donors (Lipinski definition) is 1. The molecule has 2 aromatic rings. The molecule has 29 heavy (non-hydrogen) atoms. The molecule has 0 aliphatic heterocycles. The number of pyridine rings is 1. The van der Waals surface area contributed by atoms with Crippen LogP contribution in [0.5, 0.6) is 5.75 Å². The molecule has 1 aromatic carbocycles. The van der Waals surface area contributed by atoms with Gasteiger partial charge in [0.1, 0.15) is 5.75 Å². The molecule has 0 radical (unpaired) electrons. The van der Waals surface area contributed by atoms with E-state index in [1.165, 1.54) is 0 Å². The first-order valence-corrected chi connectivity index (χ1v) is 13.2. The lowest BCUT2D eigenvalue weighted by molar-refractivity contribution is 0.139. The standard InChI is InChI=1S/C22H35BN2O3Si/c1-22(2,3)29(5,6)28-21(19-11-10-14-24-17-19)18-25(23(4)26)15-16-27-20-12-8-7-9-13-20/h7-14,17,21,26H,15-16,18H2,1-6H3/t21-/m0/s1. The summed E-state index contributed by atoms with van der Waals surface area (Å²) < 4.78 is 12.6. The quantitative estimate of drug-likeness (QED) is 0.575. The maximum atomic E-state index is 10.4. The van der Waals surface area contributed by atoms with Gasteiger partial charge in [0.15, 0.2) is 8.32 Å². The van der Waals surface area contributed by atoms with Crippen molar-refractivity contribution in [1.82, 2.24) is 9.79 Å². The van der Waals surface area contributed by atoms with E-state index in [0.29, 0.717) is 19.7 Å². The number of nitrogens with zero attached hydrogens (tertiary/aromatic N) is 2. The molecule has 0 amide bonds. The van der Waals surface area contributed by atoms with Gasteiger partial charge in [-0.05, 0) is 48.7 Å². The Morgan fingerprint density at radius 3 is 2.38 bits per heavy atom. The molecule has 0 bridgehead atoms. The minimum absolute atomic E-state index is 0.0968. The van der Waals surface area contributed by atoms with Gasteiger partial charge < -0.3 is 19.0 Å². The van der Waals surface area contributed by atoms with Crippen molar-refractivity contribution in [3.63, 3.8) is 0 Å². The number of rotatable bonds is 10. The van der Waals surface area contributed by atoms with Crippen LogP contribution in [0.4, 0.5) is 0 Å². The normalized spacial score (nSPS) is 13.4. The molecule has 1 aromatic heterocycles. The first-order chi connectivity index (χ1) is 13.6. The molecule has 0 unspecified atom stereocenters. The van der Waals surface area contributed by atoms with E-state index in [1.54, 1.807) is 13.0 Å². The van der Waals surface area contributed by atoms with E-state index in [2.05, 4.69) is 38.8 Å². The molecule has 0 spiro atoms. The van der Waals surface area contributed by atoms with Crippen LogP contribution >= 0.6 is 0 Å². The van der Waals surface area contributed by atoms with Gasteiger partial charge in [0.25, 0.3) is 0 Å². The first-order valence-electron chi connectivity index (χ1n) is 10.3. The molecule has 0 aliphatic rings. The Morgan fingerprint density at radius 1 is 1.14 bits per heavy atom. The molecular weight excluding hydrogens is 379 g/mol. The summed E-state index contributed by atoms with van der Waals surface area (Å²) >= 11 is 0. The van der Waals surface area contributed by atoms with Crippen LogP contribution in [-0.2, 0) is 4.43 Å². The van der Waals surface area contributed by atoms with Crippen LogP contribution in [0.25, 0.3) is 0 Å². The topological polar surface area (TPSA) is 54.8 Å². The van der Waals surface area contributed by atoms with Crippen LogP contribution in [0.2, 0.25) is 25.0 Å². The molecule has 0 aliphatic carbocycles. The molecule has 5 nitrogen and oxygen atoms in total. The lowest BCUT2D eigenvalue weighted by atomic mass is 9.84. The monoisotopic (exact) mass is 414 g/mol. The van der Waals surface area contributed by atoms with Gasteiger partial charge in [0.2, 0.25) is 0 Å². The third-order valence-corrected chi connectivity index (χ3v) is 10.1. The summed E-state index contributed by atoms with van der Waals surface area (Å²) in [6.45, 7) is 14.7. The number of ether oxygens (including phenoxy) is 1. The minimum atomic E-state index is -2.00. The maximum Gasteiger partial charge on any atom is 0.376 e. The lowest BCUT2D eigenvalue weighted by Crippen LogP contribution is -2.47. The highest BCUT2D eigenvalue weighted by atomic mass is 28.4. The SMILES string of the molecule is CB(O)N(CCOc1ccccc1)C[C@H](O[Si](C)(C)C(C)(C)C)c1cccnc1. The van der Waals surface area contributed by atoms with Crippen LogP contribution in [0.3, 0.4) is 0 Å². The Bertz CT molecular complexity index is 724. The van der Waals surface area contributed by atoms with Crippen molar-refractivity contribution in [1.29, 1.82) is 0 Å². The zero-order chi connectivity index (χ0) is 21.5. The summed E-state index contributed by atoms with van der Waals surface area (Å²) in [6.07, 6.45) is 3.47. The van der Waals surface area contributed by atoms with Crippen LogP contribution in [0.15, 0.2) is 54.9 Å². The highest BCUT2D eigenvalue weighted by Crippen LogP contribution is 2.39. The van der Waals surface area contributed by atoms with Crippen molar-refractivity contribution in [2.45, 2.75) is 51.8 Å². The van der Waals surface area contributed by atoms with Gasteiger partial charge in [-0.1, -0.05) is 45.0 Å². The van der Waals surface area contributed by atoms with E-state index in [1.807, 2.05) is 53.5 Å². The number of aromatic nitrogens is 1. The molecule has 0 fully saturated rings. The average Bonchev–Trinajstić information content (AvgIpc) is 2.67. The fraction of sp³-hybridized carbons (Fsp3) is 0.500. The predicted molar refractivity (Wildman–Crippen MR) is 123 cm³/mol. The van der Waals surface area contributed by atoms with Crippen molar-refractivity contribution >= 4 is 15.4 Å². The predicted octanol–water partition coefficient (Wildman–Crippen LogP) is 4.64. The third kappa shape index (κ3) is 7.26. The lowest BCUT2D eigenvalue weighted by Gasteiger charge is -2.40. The molecule has 158 valence electrons. The van der Waals surface area contributed by atoms with E-state index in [-0.39, 0.29) is 11.1 Å². The zero-order valence-corrected chi connectivity index (χ0v) is 19.6. The van der Waals surface area contributed by atoms with Gasteiger partial charge in [0, 0.05) is 25.5 Å². The van der Waals surface area contributed by atoms with E-state index < -0.39 is 15.4 Å². The van der Waals surface area contributed by atoms with Gasteiger partial charge in [-0.2, -0.15) is 0 Å². The second-order valence-corrected chi connectivity index (χ2v) is 13.7. The number of benzene rings is 1. The summed E-state index contributed by atoms with van der Waals surface area (Å²) in [5, 5.41) is 10.5. The third-order valence-electron chi connectivity index (χ3n) is 5.62. The molecule has 1 atom stereocenters. The first kappa shape index (κ1) is 23.6. The van der Waals surface area contributed by atoms with Gasteiger partial charge in [-0.3, -0.25) is 4.98 Å². The Hall–Kier alpha value is -1.67. The Labute approximate surface area is 177 Å². The largest absolute Gasteiger partial charge is 0.492 e. The van der Waals surface area contributed by atoms with Crippen molar-refractivity contribution in [3.8, 4) is 5.75 Å². The van der Waals surface area contributed by atoms with Crippen LogP contribution < -0.4 is 4.74 Å². The summed E-state index contributed by atoms with van der Waals surface area (Å²) in [6, 6.07) is 13.7. The van der Waals surface area contributed by atoms with Crippen LogP contribution in [0, 0.1) is 0 Å². The second kappa shape index (κ2) is 10.4. The van der Waals surface area contributed by atoms with Crippen molar-refractivity contribution in [2.75, 3.05) is 19.7 Å². The molecule has 2 rings (SSSR count). The van der Waals surface area contributed by atoms with Crippen LogP contribution in [-0.4, -0.2) is 49.9 Å². The Balaban J connectivity index is 2.11. The molecule has 1 heterocycles. The molecular formula is C22H35BN2O3Si. The second-order valence-electron chi connectivity index (χ2n) is 8.94. The van der Waals surface area contributed by atoms with Crippen molar-refractivity contribution in [3.05, 3.63) is 60.4 Å². The van der Waals surface area contributed by atoms with Gasteiger partial charge in [-0.15, -0.1) is 0 Å². The van der Waals surface area contributed by atoms with Gasteiger partial charge in [-0.25, -0.2) is 0 Å². The molecule has 0 saturated heterocycles. The van der Waals surface area contributed by atoms with Gasteiger partial charge in [0.05, 0.1) is 12.7 Å². The number of para-hydroxylation sites is 1. The zero-order valence-electron chi connectivity index (χ0n) is 18.6. The minimum Gasteiger partial charge on any atom is -0.492 e. The van der Waals surface area contributed by atoms with E-state index in [9.17, 15) is 5.02 Å².